The molecule has 1 heterocycles. The Labute approximate surface area is 106 Å². The minimum absolute atomic E-state index is 0.420. The van der Waals surface area contributed by atoms with Gasteiger partial charge in [-0.15, -0.1) is 5.10 Å². The maximum absolute atomic E-state index is 9.00. The summed E-state index contributed by atoms with van der Waals surface area (Å²) in [4.78, 5) is 0. The second kappa shape index (κ2) is 5.87. The van der Waals surface area contributed by atoms with Crippen molar-refractivity contribution in [1.29, 1.82) is 5.26 Å². The summed E-state index contributed by atoms with van der Waals surface area (Å²) in [7, 11) is 0. The molecule has 0 aromatic carbocycles. The van der Waals surface area contributed by atoms with Crippen molar-refractivity contribution in [3.63, 3.8) is 0 Å². The molecule has 0 amide bonds. The molecule has 0 radical (unpaired) electrons. The third-order valence-electron chi connectivity index (χ3n) is 3.00. The smallest absolute Gasteiger partial charge is 0.166 e. The van der Waals surface area contributed by atoms with Crippen molar-refractivity contribution in [2.75, 3.05) is 11.1 Å². The quantitative estimate of drug-likeness (QED) is 0.886. The minimum atomic E-state index is 0.420. The third-order valence-corrected chi connectivity index (χ3v) is 4.32. The predicted molar refractivity (Wildman–Crippen MR) is 69.9 cm³/mol. The van der Waals surface area contributed by atoms with Crippen molar-refractivity contribution in [1.82, 2.24) is 10.2 Å². The number of nitrogens with one attached hydrogen (secondary N) is 1. The van der Waals surface area contributed by atoms with Gasteiger partial charge in [-0.2, -0.15) is 22.1 Å². The summed E-state index contributed by atoms with van der Waals surface area (Å²) in [5, 5.41) is 20.9. The summed E-state index contributed by atoms with van der Waals surface area (Å²) in [5.41, 5.74) is 0.576. The maximum atomic E-state index is 9.00. The lowest BCUT2D eigenvalue weighted by atomic mass is 10.2. The predicted octanol–water partition coefficient (Wildman–Crippen LogP) is 2.43. The molecule has 0 aliphatic heterocycles. The lowest BCUT2D eigenvalue weighted by Crippen LogP contribution is -2.27. The second-order valence-electron chi connectivity index (χ2n) is 4.08. The Bertz CT molecular complexity index is 415. The molecule has 1 fully saturated rings. The van der Waals surface area contributed by atoms with Gasteiger partial charge in [0, 0.05) is 11.3 Å². The SMILES string of the molecule is CCSC1CCCC1Nc1nnccc1C#N. The summed E-state index contributed by atoms with van der Waals surface area (Å²) >= 11 is 1.99. The zero-order valence-corrected chi connectivity index (χ0v) is 10.7. The van der Waals surface area contributed by atoms with E-state index < -0.39 is 0 Å². The highest BCUT2D eigenvalue weighted by Crippen LogP contribution is 2.32. The van der Waals surface area contributed by atoms with E-state index in [1.165, 1.54) is 12.8 Å². The zero-order chi connectivity index (χ0) is 12.1. The molecule has 2 rings (SSSR count). The molecule has 2 atom stereocenters. The van der Waals surface area contributed by atoms with E-state index in [1.54, 1.807) is 12.3 Å². The molecule has 5 heteroatoms. The molecule has 1 aromatic rings. The van der Waals surface area contributed by atoms with Gasteiger partial charge < -0.3 is 5.32 Å². The van der Waals surface area contributed by atoms with Gasteiger partial charge in [0.1, 0.15) is 6.07 Å². The average Bonchev–Trinajstić information content (AvgIpc) is 2.78. The van der Waals surface area contributed by atoms with Gasteiger partial charge in [-0.05, 0) is 24.7 Å². The van der Waals surface area contributed by atoms with Crippen LogP contribution in [0.2, 0.25) is 0 Å². The van der Waals surface area contributed by atoms with Crippen molar-refractivity contribution < 1.29 is 0 Å². The standard InChI is InChI=1S/C12H16N4S/c1-2-17-11-5-3-4-10(11)15-12-9(8-13)6-7-14-16-12/h6-7,10-11H,2-5H2,1H3,(H,15,16). The molecular weight excluding hydrogens is 232 g/mol. The van der Waals surface area contributed by atoms with Crippen LogP contribution in [-0.2, 0) is 0 Å². The van der Waals surface area contributed by atoms with Gasteiger partial charge in [0.15, 0.2) is 5.82 Å². The van der Waals surface area contributed by atoms with Crippen LogP contribution in [0.3, 0.4) is 0 Å². The summed E-state index contributed by atoms with van der Waals surface area (Å²) in [5.74, 6) is 1.76. The van der Waals surface area contributed by atoms with Gasteiger partial charge >= 0.3 is 0 Å². The lowest BCUT2D eigenvalue weighted by molar-refractivity contribution is 0.757. The highest BCUT2D eigenvalue weighted by molar-refractivity contribution is 7.99. The molecule has 2 unspecified atom stereocenters. The molecule has 17 heavy (non-hydrogen) atoms. The average molecular weight is 248 g/mol. The molecule has 0 saturated heterocycles. The zero-order valence-electron chi connectivity index (χ0n) is 9.89. The van der Waals surface area contributed by atoms with E-state index in [-0.39, 0.29) is 0 Å². The van der Waals surface area contributed by atoms with Gasteiger partial charge in [-0.1, -0.05) is 13.3 Å². The van der Waals surface area contributed by atoms with Gasteiger partial charge in [-0.25, -0.2) is 0 Å². The molecule has 0 bridgehead atoms. The Morgan fingerprint density at radius 3 is 3.24 bits per heavy atom. The van der Waals surface area contributed by atoms with Crippen molar-refractivity contribution in [3.05, 3.63) is 17.8 Å². The number of anilines is 1. The second-order valence-corrected chi connectivity index (χ2v) is 5.60. The third kappa shape index (κ3) is 2.89. The highest BCUT2D eigenvalue weighted by atomic mass is 32.2. The van der Waals surface area contributed by atoms with Crippen LogP contribution in [0.25, 0.3) is 0 Å². The first-order valence-electron chi connectivity index (χ1n) is 5.95. The van der Waals surface area contributed by atoms with Gasteiger partial charge in [0.25, 0.3) is 0 Å². The van der Waals surface area contributed by atoms with Gasteiger partial charge in [0.2, 0.25) is 0 Å². The number of nitrogens with zero attached hydrogens (tertiary/aromatic N) is 3. The molecule has 1 aliphatic carbocycles. The highest BCUT2D eigenvalue weighted by Gasteiger charge is 2.27. The summed E-state index contributed by atoms with van der Waals surface area (Å²) in [6.45, 7) is 2.18. The monoisotopic (exact) mass is 248 g/mol. The van der Waals surface area contributed by atoms with Crippen LogP contribution in [0.1, 0.15) is 31.7 Å². The van der Waals surface area contributed by atoms with Crippen molar-refractivity contribution in [2.24, 2.45) is 0 Å². The first-order valence-corrected chi connectivity index (χ1v) is 7.00. The fourth-order valence-electron chi connectivity index (χ4n) is 2.21. The number of thioether (sulfide) groups is 1. The maximum Gasteiger partial charge on any atom is 0.166 e. The van der Waals surface area contributed by atoms with Crippen LogP contribution in [0.5, 0.6) is 0 Å². The van der Waals surface area contributed by atoms with E-state index in [2.05, 4.69) is 28.5 Å². The largest absolute Gasteiger partial charge is 0.364 e. The van der Waals surface area contributed by atoms with E-state index in [4.69, 9.17) is 5.26 Å². The van der Waals surface area contributed by atoms with E-state index >= 15 is 0 Å². The Morgan fingerprint density at radius 2 is 2.47 bits per heavy atom. The van der Waals surface area contributed by atoms with Crippen LogP contribution >= 0.6 is 11.8 Å². The Balaban J connectivity index is 2.07. The van der Waals surface area contributed by atoms with Crippen molar-refractivity contribution in [3.8, 4) is 6.07 Å². The molecule has 1 aromatic heterocycles. The van der Waals surface area contributed by atoms with Gasteiger partial charge in [-0.3, -0.25) is 0 Å². The fraction of sp³-hybridized carbons (Fsp3) is 0.583. The molecular formula is C12H16N4S. The number of rotatable bonds is 4. The van der Waals surface area contributed by atoms with E-state index in [9.17, 15) is 0 Å². The van der Waals surface area contributed by atoms with Crippen LogP contribution in [-0.4, -0.2) is 27.2 Å². The first kappa shape index (κ1) is 12.2. The number of hydrogen-bond donors (Lipinski definition) is 1. The lowest BCUT2D eigenvalue weighted by Gasteiger charge is -2.20. The van der Waals surface area contributed by atoms with Crippen LogP contribution in [0.4, 0.5) is 5.82 Å². The van der Waals surface area contributed by atoms with Crippen molar-refractivity contribution >= 4 is 17.6 Å². The molecule has 1 N–H and O–H groups in total. The molecule has 90 valence electrons. The summed E-state index contributed by atoms with van der Waals surface area (Å²) in [6.07, 6.45) is 5.20. The fourth-order valence-corrected chi connectivity index (χ4v) is 3.41. The minimum Gasteiger partial charge on any atom is -0.364 e. The van der Waals surface area contributed by atoms with E-state index in [0.717, 1.165) is 12.2 Å². The van der Waals surface area contributed by atoms with Crippen LogP contribution in [0, 0.1) is 11.3 Å². The van der Waals surface area contributed by atoms with Crippen molar-refractivity contribution in [2.45, 2.75) is 37.5 Å². The normalized spacial score (nSPS) is 23.3. The molecule has 1 saturated carbocycles. The topological polar surface area (TPSA) is 61.6 Å². The molecule has 1 aliphatic rings. The molecule has 4 nitrogen and oxygen atoms in total. The molecule has 0 spiro atoms. The summed E-state index contributed by atoms with van der Waals surface area (Å²) in [6, 6.07) is 4.27. The van der Waals surface area contributed by atoms with E-state index in [0.29, 0.717) is 22.7 Å². The number of hydrogen-bond acceptors (Lipinski definition) is 5. The van der Waals surface area contributed by atoms with Crippen LogP contribution < -0.4 is 5.32 Å². The number of aromatic nitrogens is 2. The number of nitriles is 1. The Kier molecular flexibility index (Phi) is 4.21. The Hall–Kier alpha value is -1.28. The Morgan fingerprint density at radius 1 is 1.59 bits per heavy atom. The first-order chi connectivity index (χ1) is 8.35. The van der Waals surface area contributed by atoms with Gasteiger partial charge in [0.05, 0.1) is 11.8 Å². The summed E-state index contributed by atoms with van der Waals surface area (Å²) < 4.78 is 0. The van der Waals surface area contributed by atoms with Crippen LogP contribution in [0.15, 0.2) is 12.3 Å². The van der Waals surface area contributed by atoms with E-state index in [1.807, 2.05) is 11.8 Å².